The summed E-state index contributed by atoms with van der Waals surface area (Å²) in [5.41, 5.74) is 1.77. The maximum absolute atomic E-state index is 9.73. The number of hydrogen-bond acceptors (Lipinski definition) is 2. The van der Waals surface area contributed by atoms with Gasteiger partial charge in [0.15, 0.2) is 0 Å². The molecule has 2 aromatic carbocycles. The Kier molecular flexibility index (Phi) is 3.05. The van der Waals surface area contributed by atoms with Crippen LogP contribution in [0.3, 0.4) is 0 Å². The second kappa shape index (κ2) is 4.86. The summed E-state index contributed by atoms with van der Waals surface area (Å²) in [5, 5.41) is 11.1. The largest absolute Gasteiger partial charge is 0.507 e. The molecule has 0 bridgehead atoms. The summed E-state index contributed by atoms with van der Waals surface area (Å²) < 4.78 is 5.65. The highest BCUT2D eigenvalue weighted by atomic mass is 35.5. The van der Waals surface area contributed by atoms with Gasteiger partial charge >= 0.3 is 0 Å². The minimum Gasteiger partial charge on any atom is -0.507 e. The minimum atomic E-state index is 0.262. The summed E-state index contributed by atoms with van der Waals surface area (Å²) in [4.78, 5) is 3.20. The molecule has 0 saturated carbocycles. The van der Waals surface area contributed by atoms with E-state index in [1.807, 2.05) is 30.3 Å². The Balaban J connectivity index is 1.83. The Hall–Kier alpha value is -2.13. The molecule has 19 heavy (non-hydrogen) atoms. The Morgan fingerprint density at radius 1 is 1.11 bits per heavy atom. The van der Waals surface area contributed by atoms with Crippen molar-refractivity contribution in [2.45, 2.75) is 6.61 Å². The van der Waals surface area contributed by atoms with Crippen LogP contribution in [-0.4, -0.2) is 10.1 Å². The predicted octanol–water partition coefficient (Wildman–Crippen LogP) is 4.11. The summed E-state index contributed by atoms with van der Waals surface area (Å²) in [6.07, 6.45) is 0. The number of halogens is 1. The van der Waals surface area contributed by atoms with E-state index in [4.69, 9.17) is 16.3 Å². The van der Waals surface area contributed by atoms with Crippen LogP contribution in [0.5, 0.6) is 11.5 Å². The molecule has 96 valence electrons. The van der Waals surface area contributed by atoms with Gasteiger partial charge in [0.05, 0.1) is 10.7 Å². The number of aromatic nitrogens is 1. The highest BCUT2D eigenvalue weighted by Gasteiger charge is 2.06. The van der Waals surface area contributed by atoms with Crippen LogP contribution in [-0.2, 0) is 6.61 Å². The van der Waals surface area contributed by atoms with Gasteiger partial charge in [-0.15, -0.1) is 0 Å². The molecule has 3 aromatic rings. The summed E-state index contributed by atoms with van der Waals surface area (Å²) in [6.45, 7) is 0.373. The van der Waals surface area contributed by atoms with Crippen molar-refractivity contribution in [3.63, 3.8) is 0 Å². The van der Waals surface area contributed by atoms with Crippen molar-refractivity contribution < 1.29 is 9.84 Å². The minimum absolute atomic E-state index is 0.262. The summed E-state index contributed by atoms with van der Waals surface area (Å²) in [7, 11) is 0. The van der Waals surface area contributed by atoms with Gasteiger partial charge < -0.3 is 14.8 Å². The quantitative estimate of drug-likeness (QED) is 0.754. The number of aromatic amines is 1. The Labute approximate surface area is 115 Å². The molecule has 0 spiro atoms. The molecule has 3 rings (SSSR count). The molecule has 1 aromatic heterocycles. The second-order valence-corrected chi connectivity index (χ2v) is 4.66. The van der Waals surface area contributed by atoms with Crippen molar-refractivity contribution in [2.24, 2.45) is 0 Å². The summed E-state index contributed by atoms with van der Waals surface area (Å²) in [5.74, 6) is 0.907. The number of phenolic OH excluding ortho intramolecular Hbond substituents is 1. The number of para-hydroxylation sites is 1. The maximum Gasteiger partial charge on any atom is 0.138 e. The SMILES string of the molecule is Oc1cccc2[nH]c(COc3ccccc3Cl)cc12. The number of phenols is 1. The highest BCUT2D eigenvalue weighted by molar-refractivity contribution is 6.32. The van der Waals surface area contributed by atoms with E-state index >= 15 is 0 Å². The second-order valence-electron chi connectivity index (χ2n) is 4.25. The van der Waals surface area contributed by atoms with Crippen LogP contribution in [0.4, 0.5) is 0 Å². The molecule has 0 aliphatic rings. The molecule has 3 nitrogen and oxygen atoms in total. The van der Waals surface area contributed by atoms with Crippen molar-refractivity contribution in [1.82, 2.24) is 4.98 Å². The molecule has 1 heterocycles. The highest BCUT2D eigenvalue weighted by Crippen LogP contribution is 2.27. The van der Waals surface area contributed by atoms with Crippen LogP contribution in [0.2, 0.25) is 5.02 Å². The number of benzene rings is 2. The van der Waals surface area contributed by atoms with Crippen molar-refractivity contribution in [1.29, 1.82) is 0 Å². The first-order valence-corrected chi connectivity index (χ1v) is 6.29. The van der Waals surface area contributed by atoms with Crippen LogP contribution < -0.4 is 4.74 Å². The van der Waals surface area contributed by atoms with E-state index in [1.54, 1.807) is 18.2 Å². The van der Waals surface area contributed by atoms with E-state index in [2.05, 4.69) is 4.98 Å². The van der Waals surface area contributed by atoms with E-state index in [0.29, 0.717) is 17.4 Å². The summed E-state index contributed by atoms with van der Waals surface area (Å²) in [6, 6.07) is 14.6. The maximum atomic E-state index is 9.73. The lowest BCUT2D eigenvalue weighted by atomic mass is 10.2. The first-order valence-electron chi connectivity index (χ1n) is 5.91. The Morgan fingerprint density at radius 3 is 2.74 bits per heavy atom. The number of nitrogens with one attached hydrogen (secondary N) is 1. The van der Waals surface area contributed by atoms with Gasteiger partial charge in [-0.2, -0.15) is 0 Å². The Bertz CT molecular complexity index is 721. The van der Waals surface area contributed by atoms with Gasteiger partial charge in [0.1, 0.15) is 18.1 Å². The number of aromatic hydroxyl groups is 1. The van der Waals surface area contributed by atoms with Crippen molar-refractivity contribution in [3.8, 4) is 11.5 Å². The molecule has 0 aliphatic carbocycles. The van der Waals surface area contributed by atoms with Gasteiger partial charge in [-0.1, -0.05) is 29.8 Å². The van der Waals surface area contributed by atoms with Crippen LogP contribution in [0.15, 0.2) is 48.5 Å². The normalized spacial score (nSPS) is 10.8. The van der Waals surface area contributed by atoms with E-state index in [9.17, 15) is 5.11 Å². The van der Waals surface area contributed by atoms with Crippen molar-refractivity contribution in [2.75, 3.05) is 0 Å². The van der Waals surface area contributed by atoms with Crippen LogP contribution in [0, 0.1) is 0 Å². The lowest BCUT2D eigenvalue weighted by Gasteiger charge is -2.05. The first kappa shape index (κ1) is 11.9. The average Bonchev–Trinajstić information content (AvgIpc) is 2.82. The first-order chi connectivity index (χ1) is 9.24. The standard InChI is InChI=1S/C15H12ClNO2/c16-12-4-1-2-7-15(12)19-9-10-8-11-13(17-10)5-3-6-14(11)18/h1-8,17-18H,9H2. The van der Waals surface area contributed by atoms with Gasteiger partial charge in [-0.25, -0.2) is 0 Å². The fraction of sp³-hybridized carbons (Fsp3) is 0.0667. The summed E-state index contributed by atoms with van der Waals surface area (Å²) >= 11 is 6.02. The van der Waals surface area contributed by atoms with E-state index < -0.39 is 0 Å². The molecule has 0 unspecified atom stereocenters. The molecule has 2 N–H and O–H groups in total. The predicted molar refractivity (Wildman–Crippen MR) is 75.7 cm³/mol. The number of rotatable bonds is 3. The zero-order valence-corrected chi connectivity index (χ0v) is 10.8. The van der Waals surface area contributed by atoms with Crippen LogP contribution in [0.1, 0.15) is 5.69 Å². The zero-order valence-electron chi connectivity index (χ0n) is 10.1. The molecule has 0 fully saturated rings. The molecule has 0 aliphatic heterocycles. The monoisotopic (exact) mass is 273 g/mol. The van der Waals surface area contributed by atoms with Crippen molar-refractivity contribution >= 4 is 22.5 Å². The van der Waals surface area contributed by atoms with Crippen LogP contribution >= 0.6 is 11.6 Å². The van der Waals surface area contributed by atoms with Gasteiger partial charge in [-0.3, -0.25) is 0 Å². The zero-order chi connectivity index (χ0) is 13.2. The lowest BCUT2D eigenvalue weighted by Crippen LogP contribution is -1.95. The fourth-order valence-corrected chi connectivity index (χ4v) is 2.18. The topological polar surface area (TPSA) is 45.2 Å². The van der Waals surface area contributed by atoms with Crippen molar-refractivity contribution in [3.05, 3.63) is 59.2 Å². The molecule has 0 saturated heterocycles. The number of H-pyrrole nitrogens is 1. The lowest BCUT2D eigenvalue weighted by molar-refractivity contribution is 0.302. The third-order valence-electron chi connectivity index (χ3n) is 2.92. The van der Waals surface area contributed by atoms with Gasteiger partial charge in [0.2, 0.25) is 0 Å². The molecule has 0 radical (unpaired) electrons. The molecule has 0 atom stereocenters. The fourth-order valence-electron chi connectivity index (χ4n) is 1.99. The van der Waals surface area contributed by atoms with Gasteiger partial charge in [0, 0.05) is 10.9 Å². The van der Waals surface area contributed by atoms with Gasteiger partial charge in [0.25, 0.3) is 0 Å². The number of ether oxygens (including phenoxy) is 1. The average molecular weight is 274 g/mol. The third-order valence-corrected chi connectivity index (χ3v) is 3.23. The number of hydrogen-bond donors (Lipinski definition) is 2. The van der Waals surface area contributed by atoms with Gasteiger partial charge in [-0.05, 0) is 30.3 Å². The molecule has 0 amide bonds. The van der Waals surface area contributed by atoms with Crippen LogP contribution in [0.25, 0.3) is 10.9 Å². The van der Waals surface area contributed by atoms with E-state index in [1.165, 1.54) is 0 Å². The molecule has 4 heteroatoms. The Morgan fingerprint density at radius 2 is 1.95 bits per heavy atom. The molecular weight excluding hydrogens is 262 g/mol. The van der Waals surface area contributed by atoms with E-state index in [0.717, 1.165) is 16.6 Å². The third kappa shape index (κ3) is 2.37. The smallest absolute Gasteiger partial charge is 0.138 e. The van der Waals surface area contributed by atoms with E-state index in [-0.39, 0.29) is 5.75 Å². The number of fused-ring (bicyclic) bond motifs is 1. The molecular formula is C15H12ClNO2.